The fourth-order valence-corrected chi connectivity index (χ4v) is 2.37. The van der Waals surface area contributed by atoms with Gasteiger partial charge in [0.05, 0.1) is 16.8 Å². The molecule has 0 bridgehead atoms. The summed E-state index contributed by atoms with van der Waals surface area (Å²) < 4.78 is 56.5. The van der Waals surface area contributed by atoms with Crippen LogP contribution in [0.25, 0.3) is 0 Å². The van der Waals surface area contributed by atoms with Crippen molar-refractivity contribution in [3.63, 3.8) is 0 Å². The third kappa shape index (κ3) is 4.76. The zero-order chi connectivity index (χ0) is 20.8. The Morgan fingerprint density at radius 2 is 1.59 bits per heavy atom. The van der Waals surface area contributed by atoms with Crippen LogP contribution in [0, 0.1) is 0 Å². The van der Waals surface area contributed by atoms with Crippen LogP contribution in [0.1, 0.15) is 54.0 Å². The predicted octanol–water partition coefficient (Wildman–Crippen LogP) is 5.04. The van der Waals surface area contributed by atoms with Crippen molar-refractivity contribution in [1.82, 2.24) is 0 Å². The minimum Gasteiger partial charge on any atom is -0.444 e. The van der Waals surface area contributed by atoms with Gasteiger partial charge in [0.1, 0.15) is 5.60 Å². The second-order valence-electron chi connectivity index (χ2n) is 8.46. The SMILES string of the molecule is CC(C)(C)OC(=O)N(B1OC(C)(C)C(C)(C)O1)c1cccc(C(F)(F)F)c1. The van der Waals surface area contributed by atoms with Crippen molar-refractivity contribution in [2.24, 2.45) is 0 Å². The predicted molar refractivity (Wildman–Crippen MR) is 96.2 cm³/mol. The molecule has 0 atom stereocenters. The number of alkyl halides is 3. The third-order valence-electron chi connectivity index (χ3n) is 4.49. The largest absolute Gasteiger partial charge is 0.604 e. The van der Waals surface area contributed by atoms with Gasteiger partial charge in [-0.05, 0) is 66.7 Å². The Labute approximate surface area is 157 Å². The van der Waals surface area contributed by atoms with Gasteiger partial charge in [-0.2, -0.15) is 13.2 Å². The molecular formula is C18H25BF3NO4. The summed E-state index contributed by atoms with van der Waals surface area (Å²) in [5.74, 6) is 0. The van der Waals surface area contributed by atoms with E-state index in [1.807, 2.05) is 0 Å². The molecule has 0 aromatic heterocycles. The van der Waals surface area contributed by atoms with E-state index in [-0.39, 0.29) is 5.69 Å². The quantitative estimate of drug-likeness (QED) is 0.668. The Kier molecular flexibility index (Phi) is 5.35. The van der Waals surface area contributed by atoms with Gasteiger partial charge in [0.15, 0.2) is 0 Å². The molecule has 1 aliphatic heterocycles. The first-order valence-electron chi connectivity index (χ1n) is 8.59. The van der Waals surface area contributed by atoms with Gasteiger partial charge in [0.2, 0.25) is 0 Å². The molecule has 1 heterocycles. The lowest BCUT2D eigenvalue weighted by atomic mass is 9.90. The lowest BCUT2D eigenvalue weighted by Crippen LogP contribution is -2.48. The van der Waals surface area contributed by atoms with E-state index in [1.165, 1.54) is 12.1 Å². The summed E-state index contributed by atoms with van der Waals surface area (Å²) in [6.45, 7) is 12.1. The standard InChI is InChI=1S/C18H25BF3NO4/c1-15(2,3)25-14(24)23(19-26-16(4,5)17(6,7)27-19)13-10-8-9-12(11-13)18(20,21)22/h8-11H,1-7H3. The van der Waals surface area contributed by atoms with Crippen molar-refractivity contribution in [2.75, 3.05) is 4.81 Å². The van der Waals surface area contributed by atoms with Crippen LogP contribution in [0.5, 0.6) is 0 Å². The highest BCUT2D eigenvalue weighted by atomic mass is 19.4. The number of hydrogen-bond donors (Lipinski definition) is 0. The van der Waals surface area contributed by atoms with Crippen LogP contribution in [0.4, 0.5) is 23.7 Å². The van der Waals surface area contributed by atoms with E-state index in [0.29, 0.717) is 0 Å². The first-order valence-corrected chi connectivity index (χ1v) is 8.59. The number of rotatable bonds is 2. The maximum atomic E-state index is 13.1. The van der Waals surface area contributed by atoms with Crippen molar-refractivity contribution in [2.45, 2.75) is 71.4 Å². The molecule has 0 aliphatic carbocycles. The van der Waals surface area contributed by atoms with Gasteiger partial charge in [-0.15, -0.1) is 0 Å². The van der Waals surface area contributed by atoms with E-state index >= 15 is 0 Å². The average molecular weight is 387 g/mol. The first kappa shape index (κ1) is 21.6. The summed E-state index contributed by atoms with van der Waals surface area (Å²) in [6, 6.07) is 4.40. The summed E-state index contributed by atoms with van der Waals surface area (Å²) in [5, 5.41) is 0. The Bertz CT molecular complexity index is 697. The van der Waals surface area contributed by atoms with Crippen LogP contribution >= 0.6 is 0 Å². The fourth-order valence-electron chi connectivity index (χ4n) is 2.37. The molecule has 1 amide bonds. The molecule has 0 spiro atoms. The molecule has 150 valence electrons. The van der Waals surface area contributed by atoms with Gasteiger partial charge < -0.3 is 14.0 Å². The highest BCUT2D eigenvalue weighted by molar-refractivity contribution is 6.56. The molecule has 0 N–H and O–H groups in total. The second-order valence-corrected chi connectivity index (χ2v) is 8.46. The normalized spacial score (nSPS) is 19.1. The van der Waals surface area contributed by atoms with Crippen molar-refractivity contribution in [3.8, 4) is 0 Å². The maximum Gasteiger partial charge on any atom is 0.604 e. The highest BCUT2D eigenvalue weighted by Gasteiger charge is 2.56. The molecule has 1 aromatic rings. The number of hydrogen-bond acceptors (Lipinski definition) is 4. The molecule has 1 aliphatic rings. The summed E-state index contributed by atoms with van der Waals surface area (Å²) in [5.41, 5.74) is -3.32. The van der Waals surface area contributed by atoms with E-state index in [2.05, 4.69) is 0 Å². The second kappa shape index (κ2) is 6.70. The third-order valence-corrected chi connectivity index (χ3v) is 4.49. The average Bonchev–Trinajstić information content (AvgIpc) is 2.64. The highest BCUT2D eigenvalue weighted by Crippen LogP contribution is 2.40. The van der Waals surface area contributed by atoms with Gasteiger partial charge in [0.25, 0.3) is 0 Å². The van der Waals surface area contributed by atoms with Crippen LogP contribution in [0.3, 0.4) is 0 Å². The minimum atomic E-state index is -4.55. The van der Waals surface area contributed by atoms with Gasteiger partial charge in [0, 0.05) is 5.69 Å². The van der Waals surface area contributed by atoms with Crippen LogP contribution in [-0.2, 0) is 20.2 Å². The van der Waals surface area contributed by atoms with Gasteiger partial charge in [-0.3, -0.25) is 4.81 Å². The molecular weight excluding hydrogens is 362 g/mol. The van der Waals surface area contributed by atoms with Gasteiger partial charge in [-0.1, -0.05) is 6.07 Å². The van der Waals surface area contributed by atoms with Crippen molar-refractivity contribution in [3.05, 3.63) is 29.8 Å². The number of halogens is 3. The van der Waals surface area contributed by atoms with Crippen molar-refractivity contribution < 1.29 is 32.0 Å². The van der Waals surface area contributed by atoms with Crippen molar-refractivity contribution >= 4 is 19.0 Å². The van der Waals surface area contributed by atoms with E-state index in [4.69, 9.17) is 14.0 Å². The monoisotopic (exact) mass is 387 g/mol. The summed E-state index contributed by atoms with van der Waals surface area (Å²) >= 11 is 0. The van der Waals surface area contributed by atoms with E-state index < -0.39 is 41.9 Å². The number of carbonyl (C=O) groups is 1. The molecule has 2 rings (SSSR count). The number of nitrogens with zero attached hydrogens (tertiary/aromatic N) is 1. The van der Waals surface area contributed by atoms with Crippen molar-refractivity contribution in [1.29, 1.82) is 0 Å². The van der Waals surface area contributed by atoms with Crippen LogP contribution in [-0.4, -0.2) is 30.1 Å². The van der Waals surface area contributed by atoms with E-state index in [9.17, 15) is 18.0 Å². The lowest BCUT2D eigenvalue weighted by Gasteiger charge is -2.32. The summed E-state index contributed by atoms with van der Waals surface area (Å²) in [4.78, 5) is 13.8. The minimum absolute atomic E-state index is 0.0300. The molecule has 0 radical (unpaired) electrons. The summed E-state index contributed by atoms with van der Waals surface area (Å²) in [7, 11) is -1.23. The van der Waals surface area contributed by atoms with E-state index in [1.54, 1.807) is 48.5 Å². The number of carbonyl (C=O) groups excluding carboxylic acids is 1. The van der Waals surface area contributed by atoms with Gasteiger partial charge in [-0.25, -0.2) is 4.79 Å². The number of ether oxygens (including phenoxy) is 1. The zero-order valence-corrected chi connectivity index (χ0v) is 16.6. The smallest absolute Gasteiger partial charge is 0.444 e. The molecule has 1 fully saturated rings. The number of amides is 1. The Balaban J connectivity index is 2.48. The van der Waals surface area contributed by atoms with Crippen LogP contribution in [0.2, 0.25) is 0 Å². The Morgan fingerprint density at radius 3 is 2.04 bits per heavy atom. The first-order chi connectivity index (χ1) is 12.0. The maximum absolute atomic E-state index is 13.1. The molecule has 1 aromatic carbocycles. The molecule has 0 saturated carbocycles. The topological polar surface area (TPSA) is 48.0 Å². The molecule has 27 heavy (non-hydrogen) atoms. The Morgan fingerprint density at radius 1 is 1.07 bits per heavy atom. The number of anilines is 1. The molecule has 1 saturated heterocycles. The van der Waals surface area contributed by atoms with Gasteiger partial charge >= 0.3 is 19.5 Å². The fraction of sp³-hybridized carbons (Fsp3) is 0.611. The molecule has 0 unspecified atom stereocenters. The summed E-state index contributed by atoms with van der Waals surface area (Å²) in [6.07, 6.45) is -5.41. The number of benzene rings is 1. The zero-order valence-electron chi connectivity index (χ0n) is 16.6. The molecule has 9 heteroatoms. The lowest BCUT2D eigenvalue weighted by molar-refractivity contribution is -0.137. The van der Waals surface area contributed by atoms with Crippen LogP contribution in [0.15, 0.2) is 24.3 Å². The van der Waals surface area contributed by atoms with E-state index in [0.717, 1.165) is 16.9 Å². The van der Waals surface area contributed by atoms with Crippen LogP contribution < -0.4 is 4.81 Å². The molecule has 5 nitrogen and oxygen atoms in total. The Hall–Kier alpha value is -1.74.